The van der Waals surface area contributed by atoms with Crippen LogP contribution in [0.1, 0.15) is 24.8 Å². The molecule has 1 aromatic rings. The second-order valence-corrected chi connectivity index (χ2v) is 8.21. The van der Waals surface area contributed by atoms with Gasteiger partial charge in [0, 0.05) is 26.4 Å². The van der Waals surface area contributed by atoms with Crippen LogP contribution in [-0.2, 0) is 0 Å². The maximum absolute atomic E-state index is 3.49. The number of thioether (sulfide) groups is 2. The second-order valence-electron chi connectivity index (χ2n) is 4.20. The number of thiophene rings is 1. The van der Waals surface area contributed by atoms with Gasteiger partial charge in [0.25, 0.3) is 0 Å². The molecule has 1 saturated heterocycles. The first-order valence-corrected chi connectivity index (χ1v) is 8.57. The largest absolute Gasteiger partial charge is 0.311 e. The minimum absolute atomic E-state index is 0.521. The fraction of sp³-hybridized carbons (Fsp3) is 0.667. The molecule has 1 N–H and O–H groups in total. The van der Waals surface area contributed by atoms with Crippen LogP contribution in [0.4, 0.5) is 0 Å². The van der Waals surface area contributed by atoms with Crippen molar-refractivity contribution in [2.75, 3.05) is 12.8 Å². The topological polar surface area (TPSA) is 12.0 Å². The molecular formula is C12H19NS3. The summed E-state index contributed by atoms with van der Waals surface area (Å²) in [6.07, 6.45) is 0. The van der Waals surface area contributed by atoms with Gasteiger partial charge in [-0.05, 0) is 18.5 Å². The molecule has 1 aliphatic heterocycles. The number of hydrogen-bond donors (Lipinski definition) is 1. The van der Waals surface area contributed by atoms with Gasteiger partial charge in [0.05, 0.1) is 6.04 Å². The minimum atomic E-state index is 0.521. The molecular weight excluding hydrogens is 254 g/mol. The summed E-state index contributed by atoms with van der Waals surface area (Å²) in [5.74, 6) is 1.26. The van der Waals surface area contributed by atoms with E-state index in [-0.39, 0.29) is 0 Å². The molecule has 90 valence electrons. The Morgan fingerprint density at radius 3 is 2.75 bits per heavy atom. The van der Waals surface area contributed by atoms with E-state index in [0.29, 0.717) is 11.3 Å². The normalized spacial score (nSPS) is 32.6. The highest BCUT2D eigenvalue weighted by molar-refractivity contribution is 8.07. The van der Waals surface area contributed by atoms with E-state index in [2.05, 4.69) is 67.2 Å². The molecule has 1 fully saturated rings. The van der Waals surface area contributed by atoms with Gasteiger partial charge in [-0.25, -0.2) is 0 Å². The van der Waals surface area contributed by atoms with Gasteiger partial charge >= 0.3 is 0 Å². The Morgan fingerprint density at radius 1 is 1.38 bits per heavy atom. The molecule has 1 aromatic heterocycles. The van der Waals surface area contributed by atoms with Crippen molar-refractivity contribution >= 4 is 34.9 Å². The Bertz CT molecular complexity index is 312. The monoisotopic (exact) mass is 273 g/mol. The summed E-state index contributed by atoms with van der Waals surface area (Å²) in [6.45, 7) is 4.70. The smallest absolute Gasteiger partial charge is 0.0541 e. The zero-order chi connectivity index (χ0) is 11.5. The predicted octanol–water partition coefficient (Wildman–Crippen LogP) is 3.63. The van der Waals surface area contributed by atoms with Gasteiger partial charge in [-0.15, -0.1) is 11.3 Å². The summed E-state index contributed by atoms with van der Waals surface area (Å²) in [5.41, 5.74) is 0. The van der Waals surface area contributed by atoms with Crippen LogP contribution in [0.15, 0.2) is 17.5 Å². The molecule has 0 radical (unpaired) electrons. The van der Waals surface area contributed by atoms with Crippen molar-refractivity contribution in [3.05, 3.63) is 22.4 Å². The van der Waals surface area contributed by atoms with Crippen molar-refractivity contribution in [2.24, 2.45) is 0 Å². The van der Waals surface area contributed by atoms with Crippen molar-refractivity contribution in [3.63, 3.8) is 0 Å². The highest BCUT2D eigenvalue weighted by atomic mass is 32.2. The first kappa shape index (κ1) is 12.8. The zero-order valence-corrected chi connectivity index (χ0v) is 12.4. The van der Waals surface area contributed by atoms with Crippen molar-refractivity contribution < 1.29 is 0 Å². The lowest BCUT2D eigenvalue weighted by atomic mass is 10.2. The summed E-state index contributed by atoms with van der Waals surface area (Å²) in [4.78, 5) is 1.47. The highest BCUT2D eigenvalue weighted by Crippen LogP contribution is 2.41. The molecule has 0 bridgehead atoms. The molecule has 4 unspecified atom stereocenters. The minimum Gasteiger partial charge on any atom is -0.311 e. The average Bonchev–Trinajstić information content (AvgIpc) is 2.78. The third-order valence-electron chi connectivity index (χ3n) is 3.11. The predicted molar refractivity (Wildman–Crippen MR) is 78.9 cm³/mol. The fourth-order valence-corrected chi connectivity index (χ4v) is 6.10. The standard InChI is InChI=1S/C12H19NS3/c1-8-9(2)16-11(7-15-8)12(13-3)10-5-4-6-14-10/h4-6,8-9,11-13H,7H2,1-3H3. The van der Waals surface area contributed by atoms with E-state index < -0.39 is 0 Å². The molecule has 0 amide bonds. The van der Waals surface area contributed by atoms with Crippen LogP contribution in [0.2, 0.25) is 0 Å². The molecule has 0 aromatic carbocycles. The summed E-state index contributed by atoms with van der Waals surface area (Å²) in [5, 5.41) is 7.92. The summed E-state index contributed by atoms with van der Waals surface area (Å²) < 4.78 is 0. The third kappa shape index (κ3) is 2.78. The molecule has 0 aliphatic carbocycles. The molecule has 0 spiro atoms. The van der Waals surface area contributed by atoms with Gasteiger partial charge in [-0.1, -0.05) is 19.9 Å². The van der Waals surface area contributed by atoms with Gasteiger partial charge in [0.1, 0.15) is 0 Å². The summed E-state index contributed by atoms with van der Waals surface area (Å²) in [6, 6.07) is 4.92. The Hall–Kier alpha value is 0.360. The van der Waals surface area contributed by atoms with Gasteiger partial charge in [0.2, 0.25) is 0 Å². The lowest BCUT2D eigenvalue weighted by Gasteiger charge is -2.35. The van der Waals surface area contributed by atoms with Crippen molar-refractivity contribution in [3.8, 4) is 0 Å². The van der Waals surface area contributed by atoms with E-state index in [1.54, 1.807) is 0 Å². The van der Waals surface area contributed by atoms with Crippen LogP contribution in [0.5, 0.6) is 0 Å². The van der Waals surface area contributed by atoms with Gasteiger partial charge in [-0.3, -0.25) is 0 Å². The Labute approximate surface area is 111 Å². The molecule has 0 saturated carbocycles. The average molecular weight is 273 g/mol. The van der Waals surface area contributed by atoms with E-state index in [9.17, 15) is 0 Å². The lowest BCUT2D eigenvalue weighted by Crippen LogP contribution is -2.35. The first-order chi connectivity index (χ1) is 7.72. The fourth-order valence-electron chi connectivity index (χ4n) is 1.96. The van der Waals surface area contributed by atoms with E-state index in [0.717, 1.165) is 10.5 Å². The summed E-state index contributed by atoms with van der Waals surface area (Å²) >= 11 is 6.13. The molecule has 2 heterocycles. The Kier molecular flexibility index (Phi) is 4.65. The van der Waals surface area contributed by atoms with E-state index in [1.165, 1.54) is 10.6 Å². The Morgan fingerprint density at radius 2 is 2.19 bits per heavy atom. The first-order valence-electron chi connectivity index (χ1n) is 5.70. The van der Waals surface area contributed by atoms with Crippen molar-refractivity contribution in [1.82, 2.24) is 5.32 Å². The number of rotatable bonds is 3. The molecule has 4 heteroatoms. The van der Waals surface area contributed by atoms with E-state index in [1.807, 2.05) is 11.3 Å². The molecule has 1 aliphatic rings. The number of hydrogen-bond acceptors (Lipinski definition) is 4. The summed E-state index contributed by atoms with van der Waals surface area (Å²) in [7, 11) is 2.08. The van der Waals surface area contributed by atoms with Crippen LogP contribution in [-0.4, -0.2) is 28.6 Å². The second kappa shape index (κ2) is 5.80. The van der Waals surface area contributed by atoms with Crippen molar-refractivity contribution in [2.45, 2.75) is 35.6 Å². The molecule has 1 nitrogen and oxygen atoms in total. The lowest BCUT2D eigenvalue weighted by molar-refractivity contribution is 0.598. The highest BCUT2D eigenvalue weighted by Gasteiger charge is 2.31. The van der Waals surface area contributed by atoms with Crippen LogP contribution < -0.4 is 5.32 Å². The number of nitrogens with one attached hydrogen (secondary N) is 1. The maximum Gasteiger partial charge on any atom is 0.0541 e. The van der Waals surface area contributed by atoms with Crippen LogP contribution in [0.25, 0.3) is 0 Å². The third-order valence-corrected chi connectivity index (χ3v) is 7.56. The molecule has 4 atom stereocenters. The van der Waals surface area contributed by atoms with E-state index >= 15 is 0 Å². The van der Waals surface area contributed by atoms with Gasteiger partial charge < -0.3 is 5.32 Å². The Balaban J connectivity index is 2.05. The van der Waals surface area contributed by atoms with Crippen LogP contribution in [0, 0.1) is 0 Å². The van der Waals surface area contributed by atoms with E-state index in [4.69, 9.17) is 0 Å². The zero-order valence-electron chi connectivity index (χ0n) is 9.97. The van der Waals surface area contributed by atoms with Gasteiger partial charge in [-0.2, -0.15) is 23.5 Å². The van der Waals surface area contributed by atoms with Crippen LogP contribution >= 0.6 is 34.9 Å². The quantitative estimate of drug-likeness (QED) is 0.903. The maximum atomic E-state index is 3.49. The van der Waals surface area contributed by atoms with Crippen LogP contribution in [0.3, 0.4) is 0 Å². The molecule has 2 rings (SSSR count). The SMILES string of the molecule is CNC(c1cccs1)C1CSC(C)C(C)S1. The van der Waals surface area contributed by atoms with Gasteiger partial charge in [0.15, 0.2) is 0 Å². The van der Waals surface area contributed by atoms with Crippen molar-refractivity contribution in [1.29, 1.82) is 0 Å². The molecule has 16 heavy (non-hydrogen) atoms.